The molecule has 80 valence electrons. The van der Waals surface area contributed by atoms with E-state index in [1.165, 1.54) is 11.0 Å². The number of nitrogens with two attached hydrogens (primary N) is 1. The third-order valence-corrected chi connectivity index (χ3v) is 2.09. The van der Waals surface area contributed by atoms with Gasteiger partial charge in [-0.3, -0.25) is 4.79 Å². The van der Waals surface area contributed by atoms with Crippen LogP contribution in [0.5, 0.6) is 0 Å². The molecule has 1 aliphatic heterocycles. The second-order valence-electron chi connectivity index (χ2n) is 3.12. The molecule has 0 aliphatic carbocycles. The zero-order valence-electron chi connectivity index (χ0n) is 7.83. The smallest absolute Gasteiger partial charge is 0.288 e. The summed E-state index contributed by atoms with van der Waals surface area (Å²) >= 11 is 0. The number of ether oxygens (including phenoxy) is 1. The van der Waals surface area contributed by atoms with Gasteiger partial charge in [-0.1, -0.05) is 0 Å². The van der Waals surface area contributed by atoms with E-state index in [-0.39, 0.29) is 12.1 Å². The van der Waals surface area contributed by atoms with Crippen molar-refractivity contribution in [2.75, 3.05) is 0 Å². The molecular weight excluding hydrogens is 200 g/mol. The van der Waals surface area contributed by atoms with Gasteiger partial charge in [0.15, 0.2) is 6.23 Å². The largest absolute Gasteiger partial charge is 0.512 e. The molecule has 0 radical (unpaired) electrons. The Kier molecular flexibility index (Phi) is 2.28. The summed E-state index contributed by atoms with van der Waals surface area (Å²) in [7, 11) is 0. The lowest BCUT2D eigenvalue weighted by atomic mass is 10.3. The molecule has 0 aromatic carbocycles. The lowest BCUT2D eigenvalue weighted by Crippen LogP contribution is -2.15. The maximum Gasteiger partial charge on any atom is 0.288 e. The van der Waals surface area contributed by atoms with Crippen LogP contribution in [0.25, 0.3) is 0 Å². The highest BCUT2D eigenvalue weighted by molar-refractivity contribution is 5.88. The Morgan fingerprint density at radius 3 is 3.13 bits per heavy atom. The second kappa shape index (κ2) is 3.60. The zero-order valence-corrected chi connectivity index (χ0v) is 7.83. The van der Waals surface area contributed by atoms with Crippen LogP contribution in [0.2, 0.25) is 0 Å². The molecule has 1 aromatic rings. The van der Waals surface area contributed by atoms with Gasteiger partial charge in [0.1, 0.15) is 18.3 Å². The van der Waals surface area contributed by atoms with E-state index in [2.05, 4.69) is 10.1 Å². The Hall–Kier alpha value is -2.05. The Bertz CT molecular complexity index is 412. The number of rotatable bonds is 2. The van der Waals surface area contributed by atoms with Crippen molar-refractivity contribution in [2.24, 2.45) is 5.73 Å². The van der Waals surface area contributed by atoms with Crippen LogP contribution in [0.1, 0.15) is 29.7 Å². The molecule has 1 aliphatic rings. The average molecular weight is 210 g/mol. The van der Waals surface area contributed by atoms with Gasteiger partial charge in [-0.2, -0.15) is 0 Å². The summed E-state index contributed by atoms with van der Waals surface area (Å²) in [5.41, 5.74) is 5.01. The van der Waals surface area contributed by atoms with Crippen molar-refractivity contribution in [3.05, 3.63) is 24.2 Å². The SMILES string of the molecule is NC(=O)c1ncn([C@H]2CC/C(=C\O)O2)n1. The van der Waals surface area contributed by atoms with Crippen molar-refractivity contribution < 1.29 is 14.6 Å². The van der Waals surface area contributed by atoms with Crippen molar-refractivity contribution in [1.29, 1.82) is 0 Å². The number of hydrogen-bond acceptors (Lipinski definition) is 5. The number of aliphatic hydroxyl groups is 1. The predicted molar refractivity (Wildman–Crippen MR) is 48.6 cm³/mol. The third kappa shape index (κ3) is 1.76. The van der Waals surface area contributed by atoms with E-state index >= 15 is 0 Å². The molecule has 3 N–H and O–H groups in total. The van der Waals surface area contributed by atoms with Gasteiger partial charge in [-0.25, -0.2) is 9.67 Å². The summed E-state index contributed by atoms with van der Waals surface area (Å²) < 4.78 is 6.72. The van der Waals surface area contributed by atoms with Gasteiger partial charge in [0.25, 0.3) is 5.91 Å². The number of primary amides is 1. The summed E-state index contributed by atoms with van der Waals surface area (Å²) in [5.74, 6) is -0.221. The van der Waals surface area contributed by atoms with Crippen molar-refractivity contribution in [3.8, 4) is 0 Å². The molecule has 1 amide bonds. The maximum absolute atomic E-state index is 10.7. The standard InChI is InChI=1S/C8H10N4O3/c9-7(14)8-10-4-12(11-8)6-2-1-5(3-13)15-6/h3-4,6,13H,1-2H2,(H2,9,14)/b5-3+/t6-/m1/s1. The molecule has 7 heteroatoms. The maximum atomic E-state index is 10.7. The molecule has 2 heterocycles. The minimum Gasteiger partial charge on any atom is -0.512 e. The van der Waals surface area contributed by atoms with Crippen LogP contribution in [0.4, 0.5) is 0 Å². The number of allylic oxidation sites excluding steroid dienone is 1. The second-order valence-corrected chi connectivity index (χ2v) is 3.12. The fourth-order valence-electron chi connectivity index (χ4n) is 1.37. The van der Waals surface area contributed by atoms with Crippen LogP contribution < -0.4 is 5.73 Å². The van der Waals surface area contributed by atoms with Crippen molar-refractivity contribution in [2.45, 2.75) is 19.1 Å². The van der Waals surface area contributed by atoms with Gasteiger partial charge < -0.3 is 15.6 Å². The number of carbonyl (C=O) groups excluding carboxylic acids is 1. The third-order valence-electron chi connectivity index (χ3n) is 2.09. The number of aliphatic hydroxyl groups excluding tert-OH is 1. The highest BCUT2D eigenvalue weighted by atomic mass is 16.5. The van der Waals surface area contributed by atoms with Gasteiger partial charge >= 0.3 is 0 Å². The lowest BCUT2D eigenvalue weighted by Gasteiger charge is -2.08. The van der Waals surface area contributed by atoms with E-state index < -0.39 is 5.91 Å². The van der Waals surface area contributed by atoms with Crippen LogP contribution in [-0.4, -0.2) is 25.8 Å². The molecule has 1 atom stereocenters. The molecule has 0 unspecified atom stereocenters. The van der Waals surface area contributed by atoms with Gasteiger partial charge in [0, 0.05) is 12.8 Å². The average Bonchev–Trinajstić information content (AvgIpc) is 2.86. The van der Waals surface area contributed by atoms with Crippen molar-refractivity contribution in [3.63, 3.8) is 0 Å². The molecule has 2 rings (SSSR count). The van der Waals surface area contributed by atoms with Crippen LogP contribution in [0.3, 0.4) is 0 Å². The van der Waals surface area contributed by atoms with Crippen molar-refractivity contribution >= 4 is 5.91 Å². The topological polar surface area (TPSA) is 103 Å². The quantitative estimate of drug-likeness (QED) is 0.673. The minimum atomic E-state index is -0.676. The van der Waals surface area contributed by atoms with Gasteiger partial charge in [0.2, 0.25) is 5.82 Å². The normalized spacial score (nSPS) is 22.9. The summed E-state index contributed by atoms with van der Waals surface area (Å²) in [6.45, 7) is 0. The molecule has 1 aromatic heterocycles. The van der Waals surface area contributed by atoms with Crippen molar-refractivity contribution in [1.82, 2.24) is 14.8 Å². The molecule has 0 bridgehead atoms. The van der Waals surface area contributed by atoms with E-state index in [4.69, 9.17) is 15.6 Å². The van der Waals surface area contributed by atoms with Gasteiger partial charge in [-0.15, -0.1) is 5.10 Å². The Labute approximate surface area is 85.2 Å². The number of carbonyl (C=O) groups is 1. The van der Waals surface area contributed by atoms with E-state index in [1.807, 2.05) is 0 Å². The first-order chi connectivity index (χ1) is 7.20. The van der Waals surface area contributed by atoms with E-state index in [1.54, 1.807) is 0 Å². The summed E-state index contributed by atoms with van der Waals surface area (Å²) in [5, 5.41) is 12.6. The first-order valence-corrected chi connectivity index (χ1v) is 4.41. The first kappa shape index (κ1) is 9.50. The van der Waals surface area contributed by atoms with Gasteiger partial charge in [-0.05, 0) is 0 Å². The molecule has 15 heavy (non-hydrogen) atoms. The number of hydrogen-bond donors (Lipinski definition) is 2. The molecular formula is C8H10N4O3. The molecule has 7 nitrogen and oxygen atoms in total. The Balaban J connectivity index is 2.14. The zero-order chi connectivity index (χ0) is 10.8. The predicted octanol–water partition coefficient (Wildman–Crippen LogP) is 0.0854. The highest BCUT2D eigenvalue weighted by Crippen LogP contribution is 2.29. The van der Waals surface area contributed by atoms with Gasteiger partial charge in [0.05, 0.1) is 0 Å². The van der Waals surface area contributed by atoms with Crippen LogP contribution in [0.15, 0.2) is 18.3 Å². The number of nitrogens with zero attached hydrogens (tertiary/aromatic N) is 3. The molecule has 1 fully saturated rings. The fourth-order valence-corrected chi connectivity index (χ4v) is 1.37. The van der Waals surface area contributed by atoms with Crippen LogP contribution in [0, 0.1) is 0 Å². The minimum absolute atomic E-state index is 0.0416. The summed E-state index contributed by atoms with van der Waals surface area (Å²) in [6, 6.07) is 0. The Morgan fingerprint density at radius 2 is 2.60 bits per heavy atom. The highest BCUT2D eigenvalue weighted by Gasteiger charge is 2.24. The van der Waals surface area contributed by atoms with Crippen LogP contribution in [-0.2, 0) is 4.74 Å². The lowest BCUT2D eigenvalue weighted by molar-refractivity contribution is 0.0806. The summed E-state index contributed by atoms with van der Waals surface area (Å²) in [6.07, 6.45) is 3.28. The first-order valence-electron chi connectivity index (χ1n) is 4.41. The Morgan fingerprint density at radius 1 is 1.80 bits per heavy atom. The monoisotopic (exact) mass is 210 g/mol. The van der Waals surface area contributed by atoms with E-state index in [9.17, 15) is 4.79 Å². The van der Waals surface area contributed by atoms with Crippen LogP contribution >= 0.6 is 0 Å². The molecule has 0 spiro atoms. The van der Waals surface area contributed by atoms with E-state index in [0.29, 0.717) is 18.6 Å². The summed E-state index contributed by atoms with van der Waals surface area (Å²) in [4.78, 5) is 14.5. The van der Waals surface area contributed by atoms with E-state index in [0.717, 1.165) is 6.26 Å². The molecule has 1 saturated heterocycles. The fraction of sp³-hybridized carbons (Fsp3) is 0.375. The molecule has 0 saturated carbocycles. The number of aromatic nitrogens is 3. The number of amides is 1.